The lowest BCUT2D eigenvalue weighted by atomic mass is 9.95. The smallest absolute Gasteiger partial charge is 0.216 e. The minimum atomic E-state index is -3.57. The van der Waals surface area contributed by atoms with Gasteiger partial charge in [0.05, 0.1) is 17.8 Å². The van der Waals surface area contributed by atoms with Crippen LogP contribution in [0.4, 0.5) is 0 Å². The fourth-order valence-corrected chi connectivity index (χ4v) is 4.29. The summed E-state index contributed by atoms with van der Waals surface area (Å²) in [6.07, 6.45) is 0. The molecule has 0 heterocycles. The molecule has 0 radical (unpaired) electrons. The van der Waals surface area contributed by atoms with Crippen molar-refractivity contribution in [3.8, 4) is 0 Å². The molecule has 0 amide bonds. The van der Waals surface area contributed by atoms with E-state index in [9.17, 15) is 8.42 Å². The van der Waals surface area contributed by atoms with Gasteiger partial charge < -0.3 is 5.73 Å². The quantitative estimate of drug-likeness (QED) is 0.672. The third kappa shape index (κ3) is 4.79. The Morgan fingerprint density at radius 2 is 1.19 bits per heavy atom. The summed E-state index contributed by atoms with van der Waals surface area (Å²) in [5.41, 5.74) is 8.89. The van der Waals surface area contributed by atoms with Crippen molar-refractivity contribution in [2.24, 2.45) is 5.73 Å². The molecule has 0 spiro atoms. The van der Waals surface area contributed by atoms with Crippen molar-refractivity contribution in [2.75, 3.05) is 0 Å². The van der Waals surface area contributed by atoms with E-state index in [4.69, 9.17) is 5.73 Å². The van der Waals surface area contributed by atoms with Crippen LogP contribution in [0.25, 0.3) is 0 Å². The minimum Gasteiger partial charge on any atom is -0.322 e. The lowest BCUT2D eigenvalue weighted by molar-refractivity contribution is 0.503. The maximum atomic E-state index is 12.8. The predicted molar refractivity (Wildman–Crippen MR) is 105 cm³/mol. The van der Waals surface area contributed by atoms with Crippen LogP contribution >= 0.6 is 0 Å². The third-order valence-electron chi connectivity index (χ3n) is 4.21. The van der Waals surface area contributed by atoms with Gasteiger partial charge in [-0.2, -0.15) is 0 Å². The zero-order valence-corrected chi connectivity index (χ0v) is 15.1. The summed E-state index contributed by atoms with van der Waals surface area (Å²) in [7, 11) is -3.57. The Morgan fingerprint density at radius 3 is 1.73 bits per heavy atom. The van der Waals surface area contributed by atoms with Crippen LogP contribution in [-0.2, 0) is 15.8 Å². The number of nitrogens with two attached hydrogens (primary N) is 1. The number of rotatable bonds is 7. The van der Waals surface area contributed by atoms with Crippen LogP contribution in [0.1, 0.15) is 28.8 Å². The maximum Gasteiger partial charge on any atom is 0.216 e. The molecule has 0 saturated carbocycles. The van der Waals surface area contributed by atoms with Gasteiger partial charge in [-0.1, -0.05) is 91.0 Å². The Labute approximate surface area is 154 Å². The molecule has 0 bridgehead atoms. The molecule has 0 aromatic heterocycles. The van der Waals surface area contributed by atoms with E-state index < -0.39 is 22.1 Å². The summed E-state index contributed by atoms with van der Waals surface area (Å²) < 4.78 is 28.3. The van der Waals surface area contributed by atoms with Crippen LogP contribution < -0.4 is 10.5 Å². The molecule has 3 N–H and O–H groups in total. The molecule has 0 aliphatic rings. The van der Waals surface area contributed by atoms with Crippen molar-refractivity contribution in [3.63, 3.8) is 0 Å². The molecule has 5 heteroatoms. The first-order chi connectivity index (χ1) is 12.6. The van der Waals surface area contributed by atoms with Crippen molar-refractivity contribution >= 4 is 10.0 Å². The lowest BCUT2D eigenvalue weighted by Crippen LogP contribution is -2.36. The summed E-state index contributed by atoms with van der Waals surface area (Å²) in [4.78, 5) is 0. The van der Waals surface area contributed by atoms with Crippen molar-refractivity contribution in [2.45, 2.75) is 17.8 Å². The molecular formula is C21H22N2O2S. The molecule has 26 heavy (non-hydrogen) atoms. The van der Waals surface area contributed by atoms with Crippen LogP contribution in [-0.4, -0.2) is 8.42 Å². The van der Waals surface area contributed by atoms with Gasteiger partial charge in [0.2, 0.25) is 10.0 Å². The van der Waals surface area contributed by atoms with Crippen LogP contribution in [0.15, 0.2) is 91.0 Å². The van der Waals surface area contributed by atoms with Gasteiger partial charge in [0, 0.05) is 0 Å². The summed E-state index contributed by atoms with van der Waals surface area (Å²) >= 11 is 0. The average molecular weight is 366 g/mol. The van der Waals surface area contributed by atoms with Gasteiger partial charge in [-0.25, -0.2) is 13.1 Å². The first-order valence-electron chi connectivity index (χ1n) is 8.44. The summed E-state index contributed by atoms with van der Waals surface area (Å²) in [5.74, 6) is -0.0846. The van der Waals surface area contributed by atoms with Crippen LogP contribution in [0, 0.1) is 0 Å². The van der Waals surface area contributed by atoms with Gasteiger partial charge in [-0.05, 0) is 16.7 Å². The van der Waals surface area contributed by atoms with E-state index in [1.807, 2.05) is 78.9 Å². The van der Waals surface area contributed by atoms with Gasteiger partial charge >= 0.3 is 0 Å². The minimum absolute atomic E-state index is 0.0846. The summed E-state index contributed by atoms with van der Waals surface area (Å²) in [6.45, 7) is 0. The molecule has 0 aliphatic carbocycles. The van der Waals surface area contributed by atoms with Crippen molar-refractivity contribution in [1.82, 2.24) is 4.72 Å². The van der Waals surface area contributed by atoms with Crippen LogP contribution in [0.3, 0.4) is 0 Å². The van der Waals surface area contributed by atoms with Gasteiger partial charge in [-0.15, -0.1) is 0 Å². The second kappa shape index (κ2) is 8.27. The highest BCUT2D eigenvalue weighted by atomic mass is 32.2. The third-order valence-corrected chi connectivity index (χ3v) is 5.53. The monoisotopic (exact) mass is 366 g/mol. The zero-order chi connectivity index (χ0) is 18.4. The molecule has 0 aliphatic heterocycles. The molecule has 4 nitrogen and oxygen atoms in total. The molecule has 134 valence electrons. The first kappa shape index (κ1) is 18.3. The van der Waals surface area contributed by atoms with Gasteiger partial charge in [0.15, 0.2) is 0 Å². The van der Waals surface area contributed by atoms with E-state index in [2.05, 4.69) is 4.72 Å². The van der Waals surface area contributed by atoms with E-state index in [0.29, 0.717) is 0 Å². The Balaban J connectivity index is 1.89. The van der Waals surface area contributed by atoms with E-state index in [1.165, 1.54) is 0 Å². The number of sulfonamides is 1. The van der Waals surface area contributed by atoms with Crippen molar-refractivity contribution in [1.29, 1.82) is 0 Å². The summed E-state index contributed by atoms with van der Waals surface area (Å²) in [5, 5.41) is 0. The molecule has 3 rings (SSSR count). The van der Waals surface area contributed by atoms with Crippen LogP contribution in [0.2, 0.25) is 0 Å². The fourth-order valence-electron chi connectivity index (χ4n) is 2.91. The van der Waals surface area contributed by atoms with E-state index in [1.54, 1.807) is 12.1 Å². The zero-order valence-electron chi connectivity index (χ0n) is 14.3. The SMILES string of the molecule is NC(c1ccccc1)[C@@H](NS(=O)(=O)Cc1ccccc1)c1ccccc1. The normalized spacial score (nSPS) is 13.9. The first-order valence-corrected chi connectivity index (χ1v) is 10.1. The van der Waals surface area contributed by atoms with E-state index in [-0.39, 0.29) is 5.75 Å². The maximum absolute atomic E-state index is 12.8. The lowest BCUT2D eigenvalue weighted by Gasteiger charge is -2.26. The molecule has 2 atom stereocenters. The predicted octanol–water partition coefficient (Wildman–Crippen LogP) is 3.55. The van der Waals surface area contributed by atoms with Gasteiger partial charge in [0.1, 0.15) is 0 Å². The molecular weight excluding hydrogens is 344 g/mol. The second-order valence-electron chi connectivity index (χ2n) is 6.19. The Kier molecular flexibility index (Phi) is 5.83. The second-order valence-corrected chi connectivity index (χ2v) is 7.94. The summed E-state index contributed by atoms with van der Waals surface area (Å²) in [6, 6.07) is 27.0. The highest BCUT2D eigenvalue weighted by Crippen LogP contribution is 2.28. The van der Waals surface area contributed by atoms with Crippen molar-refractivity contribution < 1.29 is 8.42 Å². The number of nitrogens with one attached hydrogen (secondary N) is 1. The molecule has 3 aromatic rings. The van der Waals surface area contributed by atoms with E-state index in [0.717, 1.165) is 16.7 Å². The molecule has 3 aromatic carbocycles. The Hall–Kier alpha value is -2.47. The largest absolute Gasteiger partial charge is 0.322 e. The van der Waals surface area contributed by atoms with Gasteiger partial charge in [-0.3, -0.25) is 0 Å². The molecule has 0 saturated heterocycles. The molecule has 1 unspecified atom stereocenters. The van der Waals surface area contributed by atoms with E-state index >= 15 is 0 Å². The Bertz CT molecular complexity index is 914. The average Bonchev–Trinajstić information content (AvgIpc) is 2.67. The standard InChI is InChI=1S/C21H22N2O2S/c22-20(18-12-6-2-7-13-18)21(19-14-8-3-9-15-19)23-26(24,25)16-17-10-4-1-5-11-17/h1-15,20-21,23H,16,22H2/t20?,21-/m0/s1. The fraction of sp³-hybridized carbons (Fsp3) is 0.143. The van der Waals surface area contributed by atoms with Crippen LogP contribution in [0.5, 0.6) is 0 Å². The number of hydrogen-bond donors (Lipinski definition) is 2. The topological polar surface area (TPSA) is 72.2 Å². The van der Waals surface area contributed by atoms with Gasteiger partial charge in [0.25, 0.3) is 0 Å². The number of hydrogen-bond acceptors (Lipinski definition) is 3. The number of benzene rings is 3. The highest BCUT2D eigenvalue weighted by Gasteiger charge is 2.26. The van der Waals surface area contributed by atoms with Crippen molar-refractivity contribution in [3.05, 3.63) is 108 Å². The highest BCUT2D eigenvalue weighted by molar-refractivity contribution is 7.88. The molecule has 0 fully saturated rings. The Morgan fingerprint density at radius 1 is 0.731 bits per heavy atom.